The third-order valence-corrected chi connectivity index (χ3v) is 4.35. The number of rotatable bonds is 4. The molecule has 0 bridgehead atoms. The maximum absolute atomic E-state index is 15.0. The predicted molar refractivity (Wildman–Crippen MR) is 80.3 cm³/mol. The van der Waals surface area contributed by atoms with Crippen LogP contribution in [0.5, 0.6) is 0 Å². The highest BCUT2D eigenvalue weighted by atomic mass is 19.3. The zero-order valence-corrected chi connectivity index (χ0v) is 13.0. The second-order valence-electron chi connectivity index (χ2n) is 6.66. The van der Waals surface area contributed by atoms with Crippen molar-refractivity contribution in [3.8, 4) is 0 Å². The normalized spacial score (nSPS) is 16.1. The maximum Gasteiger partial charge on any atom is 0.332 e. The van der Waals surface area contributed by atoms with Gasteiger partial charge < -0.3 is 0 Å². The number of fused-ring (bicyclic) bond motifs is 1. The molecule has 0 fully saturated rings. The van der Waals surface area contributed by atoms with Crippen molar-refractivity contribution in [2.24, 2.45) is 5.41 Å². The molecule has 0 aliphatic carbocycles. The van der Waals surface area contributed by atoms with E-state index in [0.717, 1.165) is 9.95 Å². The molecule has 1 aromatic heterocycles. The van der Waals surface area contributed by atoms with Gasteiger partial charge in [-0.1, -0.05) is 45.9 Å². The van der Waals surface area contributed by atoms with Gasteiger partial charge in [0, 0.05) is 6.20 Å². The number of para-hydroxylation sites is 1. The van der Waals surface area contributed by atoms with Gasteiger partial charge in [0.15, 0.2) is 0 Å². The van der Waals surface area contributed by atoms with Gasteiger partial charge in [0.1, 0.15) is 5.67 Å². The van der Waals surface area contributed by atoms with Crippen molar-refractivity contribution in [3.63, 3.8) is 0 Å². The Bertz CT molecular complexity index is 624. The lowest BCUT2D eigenvalue weighted by molar-refractivity contribution is -0.145. The Hall–Kier alpha value is -1.45. The molecule has 1 aromatic carbocycles. The summed E-state index contributed by atoms with van der Waals surface area (Å²) in [4.78, 5) is 0. The lowest BCUT2D eigenvalue weighted by Crippen LogP contribution is -2.43. The first kappa shape index (κ1) is 15.9. The summed E-state index contributed by atoms with van der Waals surface area (Å²) in [7, 11) is 0. The molecule has 4 heteroatoms. The number of aromatic nitrogens is 1. The van der Waals surface area contributed by atoms with E-state index in [9.17, 15) is 8.78 Å². The van der Waals surface area contributed by atoms with Crippen LogP contribution in [0, 0.1) is 5.41 Å². The van der Waals surface area contributed by atoms with Gasteiger partial charge >= 0.3 is 6.05 Å². The molecule has 116 valence electrons. The van der Waals surface area contributed by atoms with Crippen LogP contribution >= 0.6 is 0 Å². The molecule has 1 nitrogen and oxygen atoms in total. The number of hydrogen-bond acceptors (Lipinski definition) is 0. The highest BCUT2D eigenvalue weighted by Gasteiger charge is 2.49. The van der Waals surface area contributed by atoms with Crippen LogP contribution in [-0.4, -0.2) is 10.2 Å². The summed E-state index contributed by atoms with van der Waals surface area (Å²) in [6.45, 7) is 6.62. The largest absolute Gasteiger partial charge is 0.332 e. The first-order chi connectivity index (χ1) is 9.61. The third-order valence-electron chi connectivity index (χ3n) is 4.35. The molecule has 1 heterocycles. The number of nitrogens with zero attached hydrogens (tertiary/aromatic N) is 1. The molecule has 21 heavy (non-hydrogen) atoms. The number of alkyl halides is 3. The van der Waals surface area contributed by atoms with E-state index in [-0.39, 0.29) is 6.42 Å². The van der Waals surface area contributed by atoms with Crippen molar-refractivity contribution in [1.29, 1.82) is 0 Å². The molecule has 0 amide bonds. The van der Waals surface area contributed by atoms with Crippen molar-refractivity contribution in [2.45, 2.75) is 52.3 Å². The Morgan fingerprint density at radius 1 is 1.00 bits per heavy atom. The second-order valence-corrected chi connectivity index (χ2v) is 6.66. The van der Waals surface area contributed by atoms with Crippen LogP contribution in [0.4, 0.5) is 13.2 Å². The van der Waals surface area contributed by atoms with E-state index in [1.807, 2.05) is 0 Å². The number of hydrogen-bond donors (Lipinski definition) is 0. The van der Waals surface area contributed by atoms with Gasteiger partial charge in [-0.3, -0.25) is 4.57 Å². The summed E-state index contributed by atoms with van der Waals surface area (Å²) in [6.07, 6.45) is 0.577. The zero-order valence-electron chi connectivity index (χ0n) is 13.0. The van der Waals surface area contributed by atoms with E-state index in [1.165, 1.54) is 6.20 Å². The van der Waals surface area contributed by atoms with Crippen molar-refractivity contribution < 1.29 is 13.2 Å². The molecule has 0 spiro atoms. The highest BCUT2D eigenvalue weighted by Crippen LogP contribution is 2.46. The van der Waals surface area contributed by atoms with Crippen molar-refractivity contribution in [1.82, 2.24) is 4.57 Å². The fraction of sp³-hybridized carbons (Fsp3) is 0.529. The van der Waals surface area contributed by atoms with Crippen LogP contribution in [0.1, 0.15) is 40.5 Å². The summed E-state index contributed by atoms with van der Waals surface area (Å²) in [5, 5.41) is 0.730. The van der Waals surface area contributed by atoms with Crippen LogP contribution < -0.4 is 0 Å². The molecule has 0 radical (unpaired) electrons. The minimum atomic E-state index is -3.26. The van der Waals surface area contributed by atoms with Crippen molar-refractivity contribution >= 4 is 10.9 Å². The lowest BCUT2D eigenvalue weighted by atomic mass is 9.74. The van der Waals surface area contributed by atoms with E-state index in [2.05, 4.69) is 0 Å². The molecule has 0 N–H and O–H groups in total. The molecule has 0 aliphatic heterocycles. The first-order valence-corrected chi connectivity index (χ1v) is 7.24. The van der Waals surface area contributed by atoms with Crippen LogP contribution in [-0.2, 0) is 6.05 Å². The zero-order chi connectivity index (χ0) is 15.9. The van der Waals surface area contributed by atoms with Gasteiger partial charge in [-0.2, -0.15) is 8.78 Å². The summed E-state index contributed by atoms with van der Waals surface area (Å²) in [5.74, 6) is 0. The molecule has 0 saturated carbocycles. The monoisotopic (exact) mass is 297 g/mol. The number of benzene rings is 1. The maximum atomic E-state index is 15.0. The van der Waals surface area contributed by atoms with E-state index in [1.54, 1.807) is 58.0 Å². The van der Waals surface area contributed by atoms with Crippen LogP contribution in [0.15, 0.2) is 36.5 Å². The van der Waals surface area contributed by atoms with Gasteiger partial charge in [0.05, 0.1) is 11.9 Å². The Kier molecular flexibility index (Phi) is 3.85. The fourth-order valence-electron chi connectivity index (χ4n) is 2.71. The van der Waals surface area contributed by atoms with Crippen molar-refractivity contribution in [2.75, 3.05) is 0 Å². The summed E-state index contributed by atoms with van der Waals surface area (Å²) < 4.78 is 45.2. The second kappa shape index (κ2) is 5.08. The quantitative estimate of drug-likeness (QED) is 0.677. The SMILES string of the molecule is CCC(F)(CC(F)(F)n1ccc2ccccc21)C(C)(C)C. The van der Waals surface area contributed by atoms with Gasteiger partial charge in [-0.05, 0) is 29.4 Å². The van der Waals surface area contributed by atoms with Gasteiger partial charge in [0.2, 0.25) is 0 Å². The van der Waals surface area contributed by atoms with E-state index >= 15 is 4.39 Å². The Labute approximate surface area is 123 Å². The van der Waals surface area contributed by atoms with Crippen molar-refractivity contribution in [3.05, 3.63) is 36.5 Å². The van der Waals surface area contributed by atoms with Crippen LogP contribution in [0.25, 0.3) is 10.9 Å². The topological polar surface area (TPSA) is 4.93 Å². The molecular weight excluding hydrogens is 275 g/mol. The van der Waals surface area contributed by atoms with Gasteiger partial charge in [0.25, 0.3) is 0 Å². The average Bonchev–Trinajstić information content (AvgIpc) is 2.81. The van der Waals surface area contributed by atoms with Crippen LogP contribution in [0.2, 0.25) is 0 Å². The Morgan fingerprint density at radius 2 is 1.62 bits per heavy atom. The van der Waals surface area contributed by atoms with E-state index < -0.39 is 23.6 Å². The van der Waals surface area contributed by atoms with E-state index in [4.69, 9.17) is 0 Å². The molecule has 1 atom stereocenters. The molecule has 1 unspecified atom stereocenters. The number of halogens is 3. The van der Waals surface area contributed by atoms with E-state index in [0.29, 0.717) is 5.52 Å². The molecule has 2 aromatic rings. The third kappa shape index (κ3) is 2.81. The molecule has 0 saturated heterocycles. The molecular formula is C17H22F3N. The van der Waals surface area contributed by atoms with Gasteiger partial charge in [-0.25, -0.2) is 4.39 Å². The van der Waals surface area contributed by atoms with Crippen LogP contribution in [0.3, 0.4) is 0 Å². The lowest BCUT2D eigenvalue weighted by Gasteiger charge is -2.39. The summed E-state index contributed by atoms with van der Waals surface area (Å²) in [6, 6.07) is 5.28. The Balaban J connectivity index is 2.42. The minimum absolute atomic E-state index is 0.0608. The smallest absolute Gasteiger partial charge is 0.288 e. The molecule has 2 rings (SSSR count). The minimum Gasteiger partial charge on any atom is -0.288 e. The van der Waals surface area contributed by atoms with Gasteiger partial charge in [-0.15, -0.1) is 0 Å². The Morgan fingerprint density at radius 3 is 2.19 bits per heavy atom. The summed E-state index contributed by atoms with van der Waals surface area (Å²) in [5.41, 5.74) is -2.34. The highest BCUT2D eigenvalue weighted by molar-refractivity contribution is 5.80. The standard InChI is InChI=1S/C17H22F3N/c1-5-16(18,15(2,3)4)12-17(19,20)21-11-10-13-8-6-7-9-14(13)21/h6-11H,5,12H2,1-4H3. The average molecular weight is 297 g/mol. The fourth-order valence-corrected chi connectivity index (χ4v) is 2.71. The molecule has 0 aliphatic rings. The predicted octanol–water partition coefficient (Wildman–Crippen LogP) is 5.75. The first-order valence-electron chi connectivity index (χ1n) is 7.24. The summed E-state index contributed by atoms with van der Waals surface area (Å²) >= 11 is 0.